The molecule has 1 aromatic heterocycles. The number of aromatic nitrogens is 1. The second-order valence-corrected chi connectivity index (χ2v) is 5.86. The Morgan fingerprint density at radius 2 is 2.18 bits per heavy atom. The summed E-state index contributed by atoms with van der Waals surface area (Å²) in [5.74, 6) is 0.914. The predicted molar refractivity (Wildman–Crippen MR) is 72.9 cm³/mol. The molecule has 0 fully saturated rings. The number of carbonyl (C=O) groups excluding carboxylic acids is 1. The molecule has 0 aliphatic rings. The first-order chi connectivity index (χ1) is 8.16. The third kappa shape index (κ3) is 3.17. The molecule has 0 spiro atoms. The number of aryl methyl sites for hydroxylation is 1. The van der Waals surface area contributed by atoms with Crippen molar-refractivity contribution in [1.29, 1.82) is 0 Å². The number of rotatable bonds is 4. The molecule has 0 saturated carbocycles. The van der Waals surface area contributed by atoms with Crippen molar-refractivity contribution in [3.63, 3.8) is 0 Å². The molecule has 0 atom stereocenters. The van der Waals surface area contributed by atoms with E-state index in [-0.39, 0.29) is 5.78 Å². The van der Waals surface area contributed by atoms with Crippen LogP contribution in [0.3, 0.4) is 0 Å². The fourth-order valence-electron chi connectivity index (χ4n) is 1.40. The minimum atomic E-state index is 0.0923. The Morgan fingerprint density at radius 1 is 1.41 bits per heavy atom. The lowest BCUT2D eigenvalue weighted by Gasteiger charge is -2.02. The summed E-state index contributed by atoms with van der Waals surface area (Å²) < 4.78 is 0. The molecule has 88 valence electrons. The zero-order chi connectivity index (χ0) is 12.3. The van der Waals surface area contributed by atoms with Gasteiger partial charge in [0, 0.05) is 18.0 Å². The van der Waals surface area contributed by atoms with Gasteiger partial charge in [-0.2, -0.15) is 0 Å². The van der Waals surface area contributed by atoms with Crippen molar-refractivity contribution < 1.29 is 4.79 Å². The van der Waals surface area contributed by atoms with Crippen molar-refractivity contribution in [3.05, 3.63) is 45.9 Å². The van der Waals surface area contributed by atoms with Crippen LogP contribution in [0.4, 0.5) is 0 Å². The zero-order valence-corrected chi connectivity index (χ0v) is 11.4. The molecular formula is C13H13NOS2. The first kappa shape index (κ1) is 12.3. The minimum absolute atomic E-state index is 0.0923. The van der Waals surface area contributed by atoms with Crippen LogP contribution >= 0.6 is 23.1 Å². The monoisotopic (exact) mass is 263 g/mol. The molecule has 0 bridgehead atoms. The van der Waals surface area contributed by atoms with Gasteiger partial charge < -0.3 is 0 Å². The van der Waals surface area contributed by atoms with Crippen LogP contribution in [0, 0.1) is 6.92 Å². The zero-order valence-electron chi connectivity index (χ0n) is 9.77. The van der Waals surface area contributed by atoms with E-state index in [0.717, 1.165) is 15.6 Å². The fraction of sp³-hybridized carbons (Fsp3) is 0.231. The average molecular weight is 263 g/mol. The van der Waals surface area contributed by atoms with Gasteiger partial charge in [-0.05, 0) is 18.6 Å². The van der Waals surface area contributed by atoms with Gasteiger partial charge in [-0.15, -0.1) is 23.1 Å². The lowest BCUT2D eigenvalue weighted by molar-refractivity contribution is 0.102. The SMILES string of the molecule is CC(=O)c1cnc(CSc2ccccc2C)s1. The molecule has 0 saturated heterocycles. The summed E-state index contributed by atoms with van der Waals surface area (Å²) >= 11 is 3.25. The molecule has 4 heteroatoms. The summed E-state index contributed by atoms with van der Waals surface area (Å²) in [7, 11) is 0. The van der Waals surface area contributed by atoms with Crippen LogP contribution in [0.25, 0.3) is 0 Å². The van der Waals surface area contributed by atoms with E-state index in [1.165, 1.54) is 21.8 Å². The standard InChI is InChI=1S/C13H13NOS2/c1-9-5-3-4-6-11(9)16-8-13-14-7-12(17-13)10(2)15/h3-7H,8H2,1-2H3. The Kier molecular flexibility index (Phi) is 3.97. The van der Waals surface area contributed by atoms with Crippen molar-refractivity contribution in [1.82, 2.24) is 4.98 Å². The number of thiazole rings is 1. The van der Waals surface area contributed by atoms with Gasteiger partial charge in [0.2, 0.25) is 0 Å². The number of hydrogen-bond acceptors (Lipinski definition) is 4. The summed E-state index contributed by atoms with van der Waals surface area (Å²) in [6.45, 7) is 3.68. The Hall–Kier alpha value is -1.13. The van der Waals surface area contributed by atoms with Crippen molar-refractivity contribution in [2.24, 2.45) is 0 Å². The molecule has 0 N–H and O–H groups in total. The molecule has 1 heterocycles. The first-order valence-corrected chi connectivity index (χ1v) is 7.11. The summed E-state index contributed by atoms with van der Waals surface area (Å²) in [4.78, 5) is 17.4. The number of benzene rings is 1. The summed E-state index contributed by atoms with van der Waals surface area (Å²) in [6.07, 6.45) is 1.67. The van der Waals surface area contributed by atoms with Crippen LogP contribution in [0.1, 0.15) is 27.2 Å². The van der Waals surface area contributed by atoms with E-state index >= 15 is 0 Å². The third-order valence-corrected chi connectivity index (χ3v) is 4.81. The van der Waals surface area contributed by atoms with E-state index in [1.54, 1.807) is 24.9 Å². The molecule has 0 radical (unpaired) electrons. The lowest BCUT2D eigenvalue weighted by atomic mass is 10.2. The molecule has 2 rings (SSSR count). The van der Waals surface area contributed by atoms with Crippen LogP contribution in [-0.4, -0.2) is 10.8 Å². The Labute approximate surface area is 109 Å². The van der Waals surface area contributed by atoms with Gasteiger partial charge in [-0.1, -0.05) is 18.2 Å². The molecule has 0 aliphatic heterocycles. The fourth-order valence-corrected chi connectivity index (χ4v) is 3.24. The number of carbonyl (C=O) groups is 1. The molecular weight excluding hydrogens is 250 g/mol. The topological polar surface area (TPSA) is 30.0 Å². The second kappa shape index (κ2) is 5.47. The first-order valence-electron chi connectivity index (χ1n) is 5.31. The highest BCUT2D eigenvalue weighted by atomic mass is 32.2. The second-order valence-electron chi connectivity index (χ2n) is 3.73. The van der Waals surface area contributed by atoms with E-state index in [4.69, 9.17) is 0 Å². The number of nitrogens with zero attached hydrogens (tertiary/aromatic N) is 1. The Morgan fingerprint density at radius 3 is 2.82 bits per heavy atom. The molecule has 0 unspecified atom stereocenters. The number of thioether (sulfide) groups is 1. The van der Waals surface area contributed by atoms with E-state index < -0.39 is 0 Å². The molecule has 17 heavy (non-hydrogen) atoms. The lowest BCUT2D eigenvalue weighted by Crippen LogP contribution is -1.83. The van der Waals surface area contributed by atoms with Gasteiger partial charge in [0.05, 0.1) is 10.6 Å². The van der Waals surface area contributed by atoms with Gasteiger partial charge in [0.25, 0.3) is 0 Å². The van der Waals surface area contributed by atoms with Crippen LogP contribution in [-0.2, 0) is 5.75 Å². The number of hydrogen-bond donors (Lipinski definition) is 0. The molecule has 2 nitrogen and oxygen atoms in total. The van der Waals surface area contributed by atoms with Crippen molar-refractivity contribution in [3.8, 4) is 0 Å². The minimum Gasteiger partial charge on any atom is -0.294 e. The highest BCUT2D eigenvalue weighted by molar-refractivity contribution is 7.98. The maximum atomic E-state index is 11.2. The normalized spacial score (nSPS) is 10.5. The molecule has 0 amide bonds. The summed E-state index contributed by atoms with van der Waals surface area (Å²) in [5, 5.41) is 1.00. The predicted octanol–water partition coefficient (Wildman–Crippen LogP) is 3.95. The molecule has 0 aliphatic carbocycles. The van der Waals surface area contributed by atoms with E-state index in [9.17, 15) is 4.79 Å². The smallest absolute Gasteiger partial charge is 0.171 e. The van der Waals surface area contributed by atoms with Gasteiger partial charge in [0.1, 0.15) is 5.01 Å². The van der Waals surface area contributed by atoms with E-state index in [2.05, 4.69) is 24.0 Å². The van der Waals surface area contributed by atoms with Gasteiger partial charge in [-0.25, -0.2) is 4.98 Å². The van der Waals surface area contributed by atoms with Crippen LogP contribution in [0.2, 0.25) is 0 Å². The van der Waals surface area contributed by atoms with Crippen molar-refractivity contribution in [2.45, 2.75) is 24.5 Å². The van der Waals surface area contributed by atoms with Crippen molar-refractivity contribution >= 4 is 28.9 Å². The highest BCUT2D eigenvalue weighted by Gasteiger charge is 2.06. The van der Waals surface area contributed by atoms with Gasteiger partial charge in [0.15, 0.2) is 5.78 Å². The van der Waals surface area contributed by atoms with Gasteiger partial charge in [-0.3, -0.25) is 4.79 Å². The maximum absolute atomic E-state index is 11.2. The highest BCUT2D eigenvalue weighted by Crippen LogP contribution is 2.27. The number of Topliss-reactive ketones (excluding diaryl/α,β-unsaturated/α-hetero) is 1. The third-order valence-electron chi connectivity index (χ3n) is 2.35. The van der Waals surface area contributed by atoms with Crippen LogP contribution in [0.5, 0.6) is 0 Å². The molecule has 1 aromatic carbocycles. The Balaban J connectivity index is 2.02. The number of ketones is 1. The largest absolute Gasteiger partial charge is 0.294 e. The summed E-state index contributed by atoms with van der Waals surface area (Å²) in [5.41, 5.74) is 1.28. The quantitative estimate of drug-likeness (QED) is 0.618. The van der Waals surface area contributed by atoms with E-state index in [1.807, 2.05) is 12.1 Å². The van der Waals surface area contributed by atoms with E-state index in [0.29, 0.717) is 0 Å². The van der Waals surface area contributed by atoms with Crippen molar-refractivity contribution in [2.75, 3.05) is 0 Å². The Bertz CT molecular complexity index is 534. The average Bonchev–Trinajstić information content (AvgIpc) is 2.77. The molecule has 2 aromatic rings. The van der Waals surface area contributed by atoms with Crippen LogP contribution < -0.4 is 0 Å². The van der Waals surface area contributed by atoms with Crippen LogP contribution in [0.15, 0.2) is 35.4 Å². The summed E-state index contributed by atoms with van der Waals surface area (Å²) in [6, 6.07) is 8.29. The van der Waals surface area contributed by atoms with Gasteiger partial charge >= 0.3 is 0 Å². The maximum Gasteiger partial charge on any atom is 0.171 e.